The summed E-state index contributed by atoms with van der Waals surface area (Å²) in [6.45, 7) is 4.64. The molecule has 1 aromatic carbocycles. The normalized spacial score (nSPS) is 15.5. The lowest BCUT2D eigenvalue weighted by molar-refractivity contribution is 0.0686. The predicted molar refractivity (Wildman–Crippen MR) is 108 cm³/mol. The monoisotopic (exact) mass is 430 g/mol. The Morgan fingerprint density at radius 1 is 1.03 bits per heavy atom. The van der Waals surface area contributed by atoms with Crippen LogP contribution in [0.1, 0.15) is 22.0 Å². The minimum atomic E-state index is -3.64. The van der Waals surface area contributed by atoms with Crippen LogP contribution in [0.3, 0.4) is 0 Å². The van der Waals surface area contributed by atoms with Gasteiger partial charge in [0.05, 0.1) is 12.0 Å². The van der Waals surface area contributed by atoms with Crippen molar-refractivity contribution >= 4 is 21.7 Å². The van der Waals surface area contributed by atoms with Gasteiger partial charge in [-0.1, -0.05) is 0 Å². The van der Waals surface area contributed by atoms with E-state index in [9.17, 15) is 13.2 Å². The third kappa shape index (κ3) is 3.61. The number of benzene rings is 1. The van der Waals surface area contributed by atoms with Crippen LogP contribution in [-0.2, 0) is 10.0 Å². The highest BCUT2D eigenvalue weighted by atomic mass is 32.2. The van der Waals surface area contributed by atoms with Crippen LogP contribution in [0.25, 0.3) is 5.78 Å². The van der Waals surface area contributed by atoms with E-state index < -0.39 is 10.0 Å². The Hall–Kier alpha value is -3.05. The van der Waals surface area contributed by atoms with Crippen LogP contribution in [0.2, 0.25) is 0 Å². The van der Waals surface area contributed by atoms with E-state index in [1.807, 2.05) is 19.9 Å². The summed E-state index contributed by atoms with van der Waals surface area (Å²) in [5.41, 5.74) is 1.63. The summed E-state index contributed by atoms with van der Waals surface area (Å²) in [5, 5.41) is 4.27. The quantitative estimate of drug-likeness (QED) is 0.605. The highest BCUT2D eigenvalue weighted by Crippen LogP contribution is 2.21. The van der Waals surface area contributed by atoms with Gasteiger partial charge in [0, 0.05) is 37.6 Å². The lowest BCUT2D eigenvalue weighted by Gasteiger charge is -2.33. The van der Waals surface area contributed by atoms with E-state index >= 15 is 0 Å². The van der Waals surface area contributed by atoms with Gasteiger partial charge in [-0.05, 0) is 44.2 Å². The van der Waals surface area contributed by atoms with Crippen LogP contribution in [0.4, 0.5) is 0 Å². The molecule has 10 nitrogen and oxygen atoms in total. The second kappa shape index (κ2) is 7.65. The molecule has 0 saturated carbocycles. The number of amides is 1. The van der Waals surface area contributed by atoms with Gasteiger partial charge in [0.2, 0.25) is 15.8 Å². The van der Waals surface area contributed by atoms with Gasteiger partial charge in [-0.2, -0.15) is 9.29 Å². The Morgan fingerprint density at radius 2 is 1.70 bits per heavy atom. The zero-order chi connectivity index (χ0) is 21.5. The largest absolute Gasteiger partial charge is 0.497 e. The summed E-state index contributed by atoms with van der Waals surface area (Å²) >= 11 is 0. The maximum Gasteiger partial charge on any atom is 0.293 e. The molecule has 0 aliphatic carbocycles. The molecule has 2 aromatic heterocycles. The Bertz CT molecular complexity index is 1200. The van der Waals surface area contributed by atoms with Crippen molar-refractivity contribution in [2.24, 2.45) is 0 Å². The molecule has 30 heavy (non-hydrogen) atoms. The van der Waals surface area contributed by atoms with Gasteiger partial charge in [0.15, 0.2) is 0 Å². The van der Waals surface area contributed by atoms with Gasteiger partial charge < -0.3 is 9.64 Å². The van der Waals surface area contributed by atoms with Crippen molar-refractivity contribution in [2.45, 2.75) is 18.7 Å². The first-order chi connectivity index (χ1) is 14.3. The molecule has 0 radical (unpaired) electrons. The van der Waals surface area contributed by atoms with Crippen molar-refractivity contribution in [1.82, 2.24) is 28.8 Å². The van der Waals surface area contributed by atoms with Crippen molar-refractivity contribution in [1.29, 1.82) is 0 Å². The van der Waals surface area contributed by atoms with Crippen LogP contribution in [0, 0.1) is 13.8 Å². The first-order valence-electron chi connectivity index (χ1n) is 9.44. The van der Waals surface area contributed by atoms with E-state index in [-0.39, 0.29) is 42.8 Å². The summed E-state index contributed by atoms with van der Waals surface area (Å²) in [6.07, 6.45) is 0. The molecule has 3 heterocycles. The summed E-state index contributed by atoms with van der Waals surface area (Å²) < 4.78 is 33.7. The van der Waals surface area contributed by atoms with E-state index in [1.54, 1.807) is 17.0 Å². The second-order valence-corrected chi connectivity index (χ2v) is 9.00. The number of carbonyl (C=O) groups is 1. The van der Waals surface area contributed by atoms with Gasteiger partial charge in [-0.3, -0.25) is 4.79 Å². The highest BCUT2D eigenvalue weighted by molar-refractivity contribution is 7.89. The fourth-order valence-corrected chi connectivity index (χ4v) is 4.85. The SMILES string of the molecule is COc1ccc(S(=O)(=O)N2CCN(C(=O)c3nc4nc(C)cc(C)n4n3)CC2)cc1. The molecular weight excluding hydrogens is 408 g/mol. The Balaban J connectivity index is 1.47. The Morgan fingerprint density at radius 3 is 2.33 bits per heavy atom. The molecule has 1 saturated heterocycles. The first-order valence-corrected chi connectivity index (χ1v) is 10.9. The molecule has 0 bridgehead atoms. The average molecular weight is 430 g/mol. The Labute approximate surface area is 174 Å². The van der Waals surface area contributed by atoms with E-state index in [4.69, 9.17) is 4.74 Å². The number of hydrogen-bond acceptors (Lipinski definition) is 7. The van der Waals surface area contributed by atoms with E-state index in [0.717, 1.165) is 11.4 Å². The number of methoxy groups -OCH3 is 1. The molecule has 1 aliphatic rings. The van der Waals surface area contributed by atoms with Gasteiger partial charge in [-0.25, -0.2) is 17.9 Å². The first kappa shape index (κ1) is 20.2. The minimum absolute atomic E-state index is 0.0580. The van der Waals surface area contributed by atoms with Crippen LogP contribution < -0.4 is 4.74 Å². The molecule has 158 valence electrons. The van der Waals surface area contributed by atoms with Gasteiger partial charge in [0.1, 0.15) is 5.75 Å². The number of sulfonamides is 1. The maximum atomic E-state index is 12.9. The van der Waals surface area contributed by atoms with Gasteiger partial charge in [0.25, 0.3) is 11.7 Å². The zero-order valence-electron chi connectivity index (χ0n) is 16.9. The standard InChI is InChI=1S/C19H22N6O4S/c1-13-12-14(2)25-19(20-13)21-17(22-25)18(26)23-8-10-24(11-9-23)30(27,28)16-6-4-15(29-3)5-7-16/h4-7,12H,8-11H2,1-3H3. The lowest BCUT2D eigenvalue weighted by Crippen LogP contribution is -2.50. The van der Waals surface area contributed by atoms with Crippen molar-refractivity contribution in [3.8, 4) is 5.75 Å². The van der Waals surface area contributed by atoms with E-state index in [2.05, 4.69) is 15.1 Å². The summed E-state index contributed by atoms with van der Waals surface area (Å²) in [5.74, 6) is 0.683. The lowest BCUT2D eigenvalue weighted by atomic mass is 10.3. The molecule has 3 aromatic rings. The van der Waals surface area contributed by atoms with E-state index in [1.165, 1.54) is 28.1 Å². The zero-order valence-corrected chi connectivity index (χ0v) is 17.8. The molecule has 0 spiro atoms. The topological polar surface area (TPSA) is 110 Å². The average Bonchev–Trinajstić information content (AvgIpc) is 3.18. The fourth-order valence-electron chi connectivity index (χ4n) is 3.43. The van der Waals surface area contributed by atoms with Crippen LogP contribution in [-0.4, -0.2) is 76.4 Å². The summed E-state index contributed by atoms with van der Waals surface area (Å²) in [7, 11) is -2.11. The number of aryl methyl sites for hydroxylation is 2. The second-order valence-electron chi connectivity index (χ2n) is 7.06. The number of fused-ring (bicyclic) bond motifs is 1. The molecule has 0 N–H and O–H groups in total. The van der Waals surface area contributed by atoms with Crippen LogP contribution >= 0.6 is 0 Å². The number of aromatic nitrogens is 4. The molecule has 0 unspecified atom stereocenters. The molecular formula is C19H22N6O4S. The molecule has 4 rings (SSSR count). The van der Waals surface area contributed by atoms with Crippen LogP contribution in [0.5, 0.6) is 5.75 Å². The van der Waals surface area contributed by atoms with Gasteiger partial charge in [-0.15, -0.1) is 5.10 Å². The van der Waals surface area contributed by atoms with Crippen LogP contribution in [0.15, 0.2) is 35.2 Å². The number of hydrogen-bond donors (Lipinski definition) is 0. The van der Waals surface area contributed by atoms with E-state index in [0.29, 0.717) is 11.5 Å². The fraction of sp³-hybridized carbons (Fsp3) is 0.368. The smallest absolute Gasteiger partial charge is 0.293 e. The number of rotatable bonds is 4. The summed E-state index contributed by atoms with van der Waals surface area (Å²) in [4.78, 5) is 23.1. The Kier molecular flexibility index (Phi) is 5.16. The van der Waals surface area contributed by atoms with Crippen molar-refractivity contribution < 1.29 is 17.9 Å². The summed E-state index contributed by atoms with van der Waals surface area (Å²) in [6, 6.07) is 8.12. The number of piperazine rings is 1. The third-order valence-electron chi connectivity index (χ3n) is 5.03. The van der Waals surface area contributed by atoms with Crippen molar-refractivity contribution in [2.75, 3.05) is 33.3 Å². The number of ether oxygens (including phenoxy) is 1. The molecule has 0 atom stereocenters. The molecule has 11 heteroatoms. The predicted octanol–water partition coefficient (Wildman–Crippen LogP) is 0.896. The third-order valence-corrected chi connectivity index (χ3v) is 6.95. The van der Waals surface area contributed by atoms with Crippen molar-refractivity contribution in [3.05, 3.63) is 47.5 Å². The van der Waals surface area contributed by atoms with Crippen molar-refractivity contribution in [3.63, 3.8) is 0 Å². The molecule has 1 fully saturated rings. The minimum Gasteiger partial charge on any atom is -0.497 e. The molecule has 1 aliphatic heterocycles. The highest BCUT2D eigenvalue weighted by Gasteiger charge is 2.31. The number of nitrogens with zero attached hydrogens (tertiary/aromatic N) is 6. The number of carbonyl (C=O) groups excluding carboxylic acids is 1. The molecule has 1 amide bonds. The maximum absolute atomic E-state index is 12.9. The van der Waals surface area contributed by atoms with Gasteiger partial charge >= 0.3 is 0 Å².